The van der Waals surface area contributed by atoms with Crippen LogP contribution in [0.4, 0.5) is 18.0 Å². The van der Waals surface area contributed by atoms with Gasteiger partial charge >= 0.3 is 18.1 Å². The van der Waals surface area contributed by atoms with Crippen molar-refractivity contribution in [1.29, 1.82) is 0 Å². The minimum Gasteiger partial charge on any atom is -0.379 e. The first kappa shape index (κ1) is 50.5. The molecule has 0 aromatic rings. The van der Waals surface area contributed by atoms with E-state index in [1.165, 1.54) is 4.90 Å². The molecule has 2 aliphatic rings. The summed E-state index contributed by atoms with van der Waals surface area (Å²) in [6.07, 6.45) is -2.44. The average molecular weight is 858 g/mol. The lowest BCUT2D eigenvalue weighted by molar-refractivity contribution is -0.173. The van der Waals surface area contributed by atoms with Crippen LogP contribution in [0.2, 0.25) is 0 Å². The highest BCUT2D eigenvalue weighted by molar-refractivity contribution is 8.00. The lowest BCUT2D eigenvalue weighted by Gasteiger charge is -2.23. The molecule has 0 saturated carbocycles. The number of rotatable bonds is 35. The molecule has 0 spiro atoms. The minimum atomic E-state index is -5.07. The van der Waals surface area contributed by atoms with E-state index in [0.29, 0.717) is 51.2 Å². The van der Waals surface area contributed by atoms with Gasteiger partial charge in [-0.25, -0.2) is 4.79 Å². The van der Waals surface area contributed by atoms with Gasteiger partial charge in [0.2, 0.25) is 17.7 Å². The average Bonchev–Trinajstić information content (AvgIpc) is 3.75. The van der Waals surface area contributed by atoms with Gasteiger partial charge in [0.25, 0.3) is 0 Å². The lowest BCUT2D eigenvalue weighted by atomic mass is 10.0. The summed E-state index contributed by atoms with van der Waals surface area (Å²) in [6.45, 7) is 3.49. The fourth-order valence-electron chi connectivity index (χ4n) is 5.52. The van der Waals surface area contributed by atoms with Crippen LogP contribution in [0.5, 0.6) is 0 Å². The number of ether oxygens (including phenoxy) is 6. The maximum Gasteiger partial charge on any atom is 0.471 e. The van der Waals surface area contributed by atoms with E-state index in [-0.39, 0.29) is 109 Å². The van der Waals surface area contributed by atoms with Crippen LogP contribution < -0.4 is 26.6 Å². The molecular formula is C34H58F3N9O11S. The van der Waals surface area contributed by atoms with Crippen molar-refractivity contribution in [2.24, 2.45) is 5.11 Å². The first-order valence-corrected chi connectivity index (χ1v) is 20.4. The lowest BCUT2D eigenvalue weighted by Crippen LogP contribution is -2.41. The number of carbonyl (C=O) groups is 5. The molecule has 2 aliphatic heterocycles. The fraction of sp³-hybridized carbons (Fsp3) is 0.853. The van der Waals surface area contributed by atoms with Crippen LogP contribution in [-0.4, -0.2) is 182 Å². The Morgan fingerprint density at radius 2 is 1.31 bits per heavy atom. The standard InChI is InChI=1S/C34H58F3N9O11S/c35-34(36,37)32(50)41-7-5-30(49)46(12-16-55-20-24-57-23-19-54-15-10-42-45-38)11-6-29(48)40-9-14-53-18-22-56-21-17-52-13-8-39-28(47)4-2-1-3-27-31-26(25-58-27)43-33(51)44-31/h26-27,31H,1-25H2,(H,39,47)(H,40,48)(H,41,50)(H2,43,44,51)/t26-,27-,31-/m0/s1. The first-order chi connectivity index (χ1) is 28.0. The zero-order valence-electron chi connectivity index (χ0n) is 32.7. The topological polar surface area (TPSA) is 253 Å². The van der Waals surface area contributed by atoms with E-state index in [2.05, 4.69) is 31.3 Å². The molecule has 2 saturated heterocycles. The SMILES string of the molecule is [N-]=[N+]=NCCOCCOCCOCCN(CCC(=O)NCCOCCOCCOCCNC(=O)CCCC[C@@H]1SC[C@@H]2NC(=O)N[C@@H]21)C(=O)CCNC(=O)C(F)(F)F. The Morgan fingerprint density at radius 3 is 1.91 bits per heavy atom. The molecule has 2 heterocycles. The minimum absolute atomic E-state index is 0.0208. The van der Waals surface area contributed by atoms with Crippen LogP contribution in [0.3, 0.4) is 0 Å². The van der Waals surface area contributed by atoms with E-state index in [1.807, 2.05) is 11.8 Å². The Hall–Kier alpha value is -3.64. The second-order valence-electron chi connectivity index (χ2n) is 12.8. The Morgan fingerprint density at radius 1 is 0.741 bits per heavy atom. The molecule has 24 heteroatoms. The number of thioether (sulfide) groups is 1. The summed E-state index contributed by atoms with van der Waals surface area (Å²) in [7, 11) is 0. The molecule has 0 radical (unpaired) electrons. The van der Waals surface area contributed by atoms with Crippen molar-refractivity contribution in [1.82, 2.24) is 31.5 Å². The zero-order chi connectivity index (χ0) is 42.3. The summed E-state index contributed by atoms with van der Waals surface area (Å²) in [5.41, 5.74) is 8.20. The van der Waals surface area contributed by atoms with Gasteiger partial charge in [-0.05, 0) is 18.4 Å². The summed E-state index contributed by atoms with van der Waals surface area (Å²) in [5, 5.41) is 16.8. The number of urea groups is 1. The van der Waals surface area contributed by atoms with Crippen molar-refractivity contribution in [3.05, 3.63) is 10.4 Å². The van der Waals surface area contributed by atoms with Gasteiger partial charge in [0.15, 0.2) is 0 Å². The molecule has 0 aromatic heterocycles. The van der Waals surface area contributed by atoms with E-state index in [4.69, 9.17) is 34.0 Å². The van der Waals surface area contributed by atoms with Gasteiger partial charge in [-0.3, -0.25) is 19.2 Å². The summed E-state index contributed by atoms with van der Waals surface area (Å²) in [5.74, 6) is -2.19. The predicted octanol–water partition coefficient (Wildman–Crippen LogP) is 0.642. The zero-order valence-corrected chi connectivity index (χ0v) is 33.5. The molecule has 0 bridgehead atoms. The van der Waals surface area contributed by atoms with Crippen molar-refractivity contribution >= 4 is 41.4 Å². The number of azide groups is 1. The summed E-state index contributed by atoms with van der Waals surface area (Å²) in [6, 6.07) is 0.288. The number of alkyl halides is 3. The van der Waals surface area contributed by atoms with Gasteiger partial charge in [-0.2, -0.15) is 24.9 Å². The number of unbranched alkanes of at least 4 members (excludes halogenated alkanes) is 1. The number of nitrogens with one attached hydrogen (secondary N) is 5. The third-order valence-electron chi connectivity index (χ3n) is 8.45. The molecule has 6 amide bonds. The molecular weight excluding hydrogens is 799 g/mol. The molecule has 2 fully saturated rings. The quantitative estimate of drug-likeness (QED) is 0.0194. The number of carbonyl (C=O) groups excluding carboxylic acids is 5. The number of fused-ring (bicyclic) bond motifs is 1. The Kier molecular flexibility index (Phi) is 27.3. The van der Waals surface area contributed by atoms with Crippen molar-refractivity contribution < 1.29 is 65.6 Å². The Labute approximate surface area is 340 Å². The molecule has 332 valence electrons. The second kappa shape index (κ2) is 31.3. The van der Waals surface area contributed by atoms with Gasteiger partial charge in [0, 0.05) is 74.4 Å². The van der Waals surface area contributed by atoms with Crippen LogP contribution in [0.1, 0.15) is 38.5 Å². The normalized spacial score (nSPS) is 17.2. The largest absolute Gasteiger partial charge is 0.471 e. The van der Waals surface area contributed by atoms with Gasteiger partial charge in [-0.1, -0.05) is 11.5 Å². The van der Waals surface area contributed by atoms with E-state index in [0.717, 1.165) is 25.0 Å². The van der Waals surface area contributed by atoms with E-state index in [9.17, 15) is 37.1 Å². The van der Waals surface area contributed by atoms with Gasteiger partial charge in [0.1, 0.15) is 0 Å². The monoisotopic (exact) mass is 857 g/mol. The number of hydrogen-bond donors (Lipinski definition) is 5. The van der Waals surface area contributed by atoms with E-state index in [1.54, 1.807) is 5.32 Å². The number of halogens is 3. The van der Waals surface area contributed by atoms with Crippen LogP contribution >= 0.6 is 11.8 Å². The van der Waals surface area contributed by atoms with E-state index >= 15 is 0 Å². The van der Waals surface area contributed by atoms with Crippen molar-refractivity contribution in [2.75, 3.05) is 124 Å². The maximum absolute atomic E-state index is 12.7. The molecule has 2 rings (SSSR count). The smallest absolute Gasteiger partial charge is 0.379 e. The first-order valence-electron chi connectivity index (χ1n) is 19.3. The fourth-order valence-corrected chi connectivity index (χ4v) is 7.07. The van der Waals surface area contributed by atoms with Crippen LogP contribution in [0, 0.1) is 0 Å². The maximum atomic E-state index is 12.7. The Balaban J connectivity index is 1.45. The highest BCUT2D eigenvalue weighted by Gasteiger charge is 2.42. The van der Waals surface area contributed by atoms with Crippen LogP contribution in [-0.2, 0) is 47.6 Å². The molecule has 5 N–H and O–H groups in total. The molecule has 0 aromatic carbocycles. The third-order valence-corrected chi connectivity index (χ3v) is 9.96. The van der Waals surface area contributed by atoms with Gasteiger partial charge in [-0.15, -0.1) is 0 Å². The molecule has 0 aliphatic carbocycles. The number of hydrogen-bond acceptors (Lipinski definition) is 13. The highest BCUT2D eigenvalue weighted by atomic mass is 32.2. The second-order valence-corrected chi connectivity index (χ2v) is 14.1. The number of nitrogens with zero attached hydrogens (tertiary/aromatic N) is 4. The molecule has 0 unspecified atom stereocenters. The van der Waals surface area contributed by atoms with Gasteiger partial charge < -0.3 is 59.9 Å². The third kappa shape index (κ3) is 24.3. The molecule has 58 heavy (non-hydrogen) atoms. The summed E-state index contributed by atoms with van der Waals surface area (Å²) in [4.78, 5) is 63.6. The predicted molar refractivity (Wildman–Crippen MR) is 204 cm³/mol. The highest BCUT2D eigenvalue weighted by Crippen LogP contribution is 2.33. The van der Waals surface area contributed by atoms with Crippen LogP contribution in [0.25, 0.3) is 10.4 Å². The Bertz CT molecular complexity index is 1270. The molecule has 20 nitrogen and oxygen atoms in total. The molecule has 3 atom stereocenters. The number of amides is 6. The van der Waals surface area contributed by atoms with E-state index < -0.39 is 31.0 Å². The van der Waals surface area contributed by atoms with Gasteiger partial charge in [0.05, 0.1) is 91.4 Å². The summed E-state index contributed by atoms with van der Waals surface area (Å²) >= 11 is 1.86. The van der Waals surface area contributed by atoms with Crippen molar-refractivity contribution in [3.63, 3.8) is 0 Å². The van der Waals surface area contributed by atoms with Crippen molar-refractivity contribution in [3.8, 4) is 0 Å². The van der Waals surface area contributed by atoms with Crippen LogP contribution in [0.15, 0.2) is 5.11 Å². The van der Waals surface area contributed by atoms with Crippen molar-refractivity contribution in [2.45, 2.75) is 62.0 Å². The summed E-state index contributed by atoms with van der Waals surface area (Å²) < 4.78 is 69.8.